The smallest absolute Gasteiger partial charge is 0.407 e. The molecule has 7 nitrogen and oxygen atoms in total. The van der Waals surface area contributed by atoms with Crippen LogP contribution in [-0.2, 0) is 27.4 Å². The monoisotopic (exact) mass is 632 g/mol. The predicted molar refractivity (Wildman–Crippen MR) is 155 cm³/mol. The van der Waals surface area contributed by atoms with E-state index in [-0.39, 0.29) is 19.4 Å². The molecular weight excluding hydrogens is 599 g/mol. The van der Waals surface area contributed by atoms with Crippen molar-refractivity contribution in [3.8, 4) is 16.9 Å². The number of halogens is 5. The van der Waals surface area contributed by atoms with Gasteiger partial charge in [-0.15, -0.1) is 0 Å². The van der Waals surface area contributed by atoms with Crippen molar-refractivity contribution >= 4 is 18.0 Å². The Morgan fingerprint density at radius 3 is 2.24 bits per heavy atom. The highest BCUT2D eigenvalue weighted by Gasteiger charge is 2.31. The van der Waals surface area contributed by atoms with Gasteiger partial charge in [0.05, 0.1) is 0 Å². The molecule has 0 spiro atoms. The summed E-state index contributed by atoms with van der Waals surface area (Å²) in [5.41, 5.74) is 5.66. The Bertz CT molecular complexity index is 1540. The maximum absolute atomic E-state index is 14.0. The minimum absolute atomic E-state index is 0.00954. The van der Waals surface area contributed by atoms with Crippen LogP contribution >= 0.6 is 0 Å². The molecule has 2 amide bonds. The molecule has 4 rings (SSSR count). The number of benzene rings is 3. The van der Waals surface area contributed by atoms with Gasteiger partial charge in [-0.2, -0.15) is 8.78 Å². The summed E-state index contributed by atoms with van der Waals surface area (Å²) in [5, 5.41) is 5.09. The lowest BCUT2D eigenvalue weighted by molar-refractivity contribution is -0.140. The quantitative estimate of drug-likeness (QED) is 0.0389. The molecule has 0 saturated heterocycles. The summed E-state index contributed by atoms with van der Waals surface area (Å²) >= 11 is 0. The van der Waals surface area contributed by atoms with Gasteiger partial charge in [0.15, 0.2) is 0 Å². The van der Waals surface area contributed by atoms with E-state index in [0.29, 0.717) is 38.6 Å². The molecule has 12 heteroatoms. The van der Waals surface area contributed by atoms with Crippen LogP contribution in [0.1, 0.15) is 68.6 Å². The summed E-state index contributed by atoms with van der Waals surface area (Å²) in [6, 6.07) is 12.7. The largest absolute Gasteiger partial charge is 0.445 e. The molecule has 1 aliphatic rings. The maximum Gasteiger partial charge on any atom is 0.407 e. The van der Waals surface area contributed by atoms with Crippen molar-refractivity contribution in [2.75, 3.05) is 6.54 Å². The minimum Gasteiger partial charge on any atom is -0.445 e. The van der Waals surface area contributed by atoms with Gasteiger partial charge in [0.1, 0.15) is 12.6 Å². The van der Waals surface area contributed by atoms with Gasteiger partial charge < -0.3 is 20.1 Å². The Morgan fingerprint density at radius 2 is 1.51 bits per heavy atom. The molecule has 0 aromatic heterocycles. The van der Waals surface area contributed by atoms with E-state index in [9.17, 15) is 36.3 Å². The van der Waals surface area contributed by atoms with E-state index in [0.717, 1.165) is 23.1 Å². The molecule has 1 aliphatic carbocycles. The van der Waals surface area contributed by atoms with Crippen molar-refractivity contribution in [2.24, 2.45) is 0 Å². The Balaban J connectivity index is 1.17. The first-order valence-corrected chi connectivity index (χ1v) is 14.7. The molecular formula is C33H33F5N2O5. The summed E-state index contributed by atoms with van der Waals surface area (Å²) in [7, 11) is 0. The van der Waals surface area contributed by atoms with Crippen LogP contribution in [0.2, 0.25) is 0 Å². The summed E-state index contributed by atoms with van der Waals surface area (Å²) in [6.45, 7) is 2.24. The normalized spacial score (nSPS) is 12.2. The van der Waals surface area contributed by atoms with Crippen LogP contribution in [0.5, 0.6) is 5.75 Å². The molecule has 0 heterocycles. The first-order chi connectivity index (χ1) is 21.6. The molecule has 0 aliphatic heterocycles. The number of esters is 1. The van der Waals surface area contributed by atoms with Crippen LogP contribution in [0.25, 0.3) is 11.1 Å². The zero-order valence-electron chi connectivity index (χ0n) is 24.6. The predicted octanol–water partition coefficient (Wildman–Crippen LogP) is 7.02. The zero-order chi connectivity index (χ0) is 32.5. The highest BCUT2D eigenvalue weighted by Crippen LogP contribution is 2.38. The van der Waals surface area contributed by atoms with E-state index in [1.165, 1.54) is 11.1 Å². The number of hydrogen-bond acceptors (Lipinski definition) is 5. The van der Waals surface area contributed by atoms with Crippen LogP contribution in [0.15, 0.2) is 42.5 Å². The fraction of sp³-hybridized carbons (Fsp3) is 0.364. The van der Waals surface area contributed by atoms with Gasteiger partial charge >= 0.3 is 12.1 Å². The number of carbonyl (C=O) groups is 3. The summed E-state index contributed by atoms with van der Waals surface area (Å²) < 4.78 is 78.1. The standard InChI is InChI=1S/C33H33F5N2O5/c1-2-3-14-24(32(42)45-31-29(37)27(35)26(34)28(36)30(31)38)40-25(41)15-5-4-8-16-39-33(43)44-18-20-11-9-13-22-21-12-7-6-10-19(21)17-23(20)22/h6-7,9-13,24H,2-5,8,14-18H2,1H3,(H,39,43)(H,40,41). The third-order valence-corrected chi connectivity index (χ3v) is 7.49. The average molecular weight is 633 g/mol. The fourth-order valence-electron chi connectivity index (χ4n) is 5.10. The second-order valence-electron chi connectivity index (χ2n) is 10.7. The molecule has 240 valence electrons. The Kier molecular flexibility index (Phi) is 11.5. The van der Waals surface area contributed by atoms with Gasteiger partial charge in [0.2, 0.25) is 40.7 Å². The number of amides is 2. The van der Waals surface area contributed by atoms with Crippen molar-refractivity contribution in [1.82, 2.24) is 10.6 Å². The fourth-order valence-corrected chi connectivity index (χ4v) is 5.10. The number of carbonyl (C=O) groups excluding carboxylic acids is 3. The number of fused-ring (bicyclic) bond motifs is 3. The lowest BCUT2D eigenvalue weighted by Crippen LogP contribution is -2.43. The van der Waals surface area contributed by atoms with Gasteiger partial charge in [-0.1, -0.05) is 68.7 Å². The van der Waals surface area contributed by atoms with Gasteiger partial charge in [0, 0.05) is 13.0 Å². The van der Waals surface area contributed by atoms with E-state index in [2.05, 4.69) is 33.6 Å². The van der Waals surface area contributed by atoms with Gasteiger partial charge in [-0.25, -0.2) is 22.8 Å². The lowest BCUT2D eigenvalue weighted by atomic mass is 10.0. The first-order valence-electron chi connectivity index (χ1n) is 14.7. The van der Waals surface area contributed by atoms with Crippen molar-refractivity contribution in [3.63, 3.8) is 0 Å². The number of nitrogens with one attached hydrogen (secondary N) is 2. The molecule has 0 radical (unpaired) electrons. The molecule has 3 aromatic carbocycles. The molecule has 1 atom stereocenters. The molecule has 3 aromatic rings. The van der Waals surface area contributed by atoms with Crippen molar-refractivity contribution in [2.45, 2.75) is 70.9 Å². The molecule has 0 saturated carbocycles. The van der Waals surface area contributed by atoms with Gasteiger partial charge in [-0.05, 0) is 53.5 Å². The zero-order valence-corrected chi connectivity index (χ0v) is 24.6. The Morgan fingerprint density at radius 1 is 0.822 bits per heavy atom. The van der Waals surface area contributed by atoms with Crippen molar-refractivity contribution in [3.05, 3.63) is 88.2 Å². The van der Waals surface area contributed by atoms with Crippen molar-refractivity contribution in [1.29, 1.82) is 0 Å². The molecule has 0 fully saturated rings. The SMILES string of the molecule is CCCCC(NC(=O)CCCCCNC(=O)OCc1cccc2c1Cc1ccccc1-2)C(=O)Oc1c(F)c(F)c(F)c(F)c1F. The van der Waals surface area contributed by atoms with Crippen LogP contribution in [0.4, 0.5) is 26.7 Å². The average Bonchev–Trinajstić information content (AvgIpc) is 3.43. The molecule has 2 N–H and O–H groups in total. The second-order valence-corrected chi connectivity index (χ2v) is 10.7. The highest BCUT2D eigenvalue weighted by atomic mass is 19.2. The number of unbranched alkanes of at least 4 members (excludes halogenated alkanes) is 3. The van der Waals surface area contributed by atoms with Crippen LogP contribution < -0.4 is 15.4 Å². The topological polar surface area (TPSA) is 93.7 Å². The highest BCUT2D eigenvalue weighted by molar-refractivity contribution is 5.85. The van der Waals surface area contributed by atoms with Gasteiger partial charge in [0.25, 0.3) is 0 Å². The summed E-state index contributed by atoms with van der Waals surface area (Å²) in [6.07, 6.45) is 2.74. The van der Waals surface area contributed by atoms with Gasteiger partial charge in [-0.3, -0.25) is 4.79 Å². The number of hydrogen-bond donors (Lipinski definition) is 2. The molecule has 45 heavy (non-hydrogen) atoms. The third-order valence-electron chi connectivity index (χ3n) is 7.49. The number of ether oxygens (including phenoxy) is 2. The van der Waals surface area contributed by atoms with Crippen LogP contribution in [0.3, 0.4) is 0 Å². The second kappa shape index (κ2) is 15.5. The van der Waals surface area contributed by atoms with E-state index in [4.69, 9.17) is 4.74 Å². The molecule has 0 bridgehead atoms. The number of rotatable bonds is 14. The summed E-state index contributed by atoms with van der Waals surface area (Å²) in [5.74, 6) is -15.1. The van der Waals surface area contributed by atoms with Crippen LogP contribution in [-0.4, -0.2) is 30.6 Å². The lowest BCUT2D eigenvalue weighted by Gasteiger charge is -2.18. The number of alkyl carbamates (subject to hydrolysis) is 1. The van der Waals surface area contributed by atoms with Crippen molar-refractivity contribution < 1.29 is 45.8 Å². The Labute approximate surface area is 257 Å². The summed E-state index contributed by atoms with van der Waals surface area (Å²) in [4.78, 5) is 37.2. The van der Waals surface area contributed by atoms with E-state index in [1.807, 2.05) is 24.3 Å². The third kappa shape index (κ3) is 8.17. The first kappa shape index (κ1) is 33.4. The van der Waals surface area contributed by atoms with Crippen LogP contribution in [0, 0.1) is 29.1 Å². The Hall–Kier alpha value is -4.48. The molecule has 1 unspecified atom stereocenters. The minimum atomic E-state index is -2.38. The van der Waals surface area contributed by atoms with E-state index in [1.54, 1.807) is 6.92 Å². The maximum atomic E-state index is 14.0. The van der Waals surface area contributed by atoms with E-state index >= 15 is 0 Å². The van der Waals surface area contributed by atoms with E-state index < -0.39 is 58.8 Å².